The SMILES string of the molecule is CN1C[C@@H]2C(C(=O)O)[C@@H]2C1.CN1C[C@@H]2C(C(=O)O)[C@@H]2C1.Cl.Cl. The van der Waals surface area contributed by atoms with Crippen molar-refractivity contribution in [3.8, 4) is 0 Å². The molecule has 2 saturated heterocycles. The summed E-state index contributed by atoms with van der Waals surface area (Å²) < 4.78 is 0. The van der Waals surface area contributed by atoms with Crippen LogP contribution in [0.3, 0.4) is 0 Å². The van der Waals surface area contributed by atoms with Crippen molar-refractivity contribution >= 4 is 36.8 Å². The van der Waals surface area contributed by atoms with Crippen LogP contribution in [-0.2, 0) is 9.59 Å². The third-order valence-corrected chi connectivity index (χ3v) is 5.32. The Morgan fingerprint density at radius 3 is 1.14 bits per heavy atom. The molecule has 22 heavy (non-hydrogen) atoms. The maximum absolute atomic E-state index is 10.5. The lowest BCUT2D eigenvalue weighted by atomic mass is 10.3. The quantitative estimate of drug-likeness (QED) is 0.755. The Morgan fingerprint density at radius 1 is 0.727 bits per heavy atom. The van der Waals surface area contributed by atoms with Gasteiger partial charge in [0.1, 0.15) is 0 Å². The largest absolute Gasteiger partial charge is 0.481 e. The summed E-state index contributed by atoms with van der Waals surface area (Å²) >= 11 is 0. The van der Waals surface area contributed by atoms with Crippen molar-refractivity contribution in [2.45, 2.75) is 0 Å². The molecule has 4 fully saturated rings. The molecule has 4 aliphatic rings. The van der Waals surface area contributed by atoms with E-state index in [1.54, 1.807) is 0 Å². The number of likely N-dealkylation sites (tertiary alicyclic amines) is 2. The second-order valence-corrected chi connectivity index (χ2v) is 6.83. The molecule has 2 saturated carbocycles. The molecule has 0 aromatic heterocycles. The molecule has 6 atom stereocenters. The van der Waals surface area contributed by atoms with Gasteiger partial charge in [-0.1, -0.05) is 0 Å². The van der Waals surface area contributed by atoms with Crippen LogP contribution in [0.1, 0.15) is 0 Å². The van der Waals surface area contributed by atoms with Crippen LogP contribution in [0.2, 0.25) is 0 Å². The summed E-state index contributed by atoms with van der Waals surface area (Å²) in [5.41, 5.74) is 0. The number of hydrogen-bond acceptors (Lipinski definition) is 4. The second-order valence-electron chi connectivity index (χ2n) is 6.83. The lowest BCUT2D eigenvalue weighted by Crippen LogP contribution is -2.21. The minimum Gasteiger partial charge on any atom is -0.481 e. The number of hydrogen-bond donors (Lipinski definition) is 2. The lowest BCUT2D eigenvalue weighted by Gasteiger charge is -2.09. The van der Waals surface area contributed by atoms with E-state index in [-0.39, 0.29) is 36.6 Å². The standard InChI is InChI=1S/2C7H11NO2.2ClH/c2*1-8-2-4-5(3-8)6(4)7(9)10;;/h2*4-6H,2-3H2,1H3,(H,9,10);2*1H/t2*4-,5+,6?;;. The van der Waals surface area contributed by atoms with Gasteiger partial charge >= 0.3 is 11.9 Å². The van der Waals surface area contributed by atoms with Crippen molar-refractivity contribution < 1.29 is 19.8 Å². The van der Waals surface area contributed by atoms with E-state index >= 15 is 0 Å². The predicted octanol–water partition coefficient (Wildman–Crippen LogP) is 0.601. The van der Waals surface area contributed by atoms with E-state index in [0.29, 0.717) is 23.7 Å². The van der Waals surface area contributed by atoms with Gasteiger partial charge in [0.25, 0.3) is 0 Å². The molecule has 0 bridgehead atoms. The van der Waals surface area contributed by atoms with Gasteiger partial charge in [-0.25, -0.2) is 0 Å². The van der Waals surface area contributed by atoms with Crippen LogP contribution in [0.4, 0.5) is 0 Å². The van der Waals surface area contributed by atoms with Crippen LogP contribution < -0.4 is 0 Å². The lowest BCUT2D eigenvalue weighted by molar-refractivity contribution is -0.140. The summed E-state index contributed by atoms with van der Waals surface area (Å²) in [5, 5.41) is 17.3. The smallest absolute Gasteiger partial charge is 0.307 e. The zero-order valence-electron chi connectivity index (χ0n) is 12.7. The van der Waals surface area contributed by atoms with Crippen molar-refractivity contribution in [3.05, 3.63) is 0 Å². The average molecular weight is 355 g/mol. The van der Waals surface area contributed by atoms with E-state index in [4.69, 9.17) is 10.2 Å². The Hall–Kier alpha value is -0.560. The molecule has 2 aliphatic carbocycles. The van der Waals surface area contributed by atoms with Gasteiger partial charge in [-0.3, -0.25) is 9.59 Å². The highest BCUT2D eigenvalue weighted by Crippen LogP contribution is 2.51. The highest BCUT2D eigenvalue weighted by Gasteiger charge is 2.59. The monoisotopic (exact) mass is 354 g/mol. The first-order valence-corrected chi connectivity index (χ1v) is 7.23. The van der Waals surface area contributed by atoms with E-state index in [2.05, 4.69) is 9.80 Å². The summed E-state index contributed by atoms with van der Waals surface area (Å²) in [6.07, 6.45) is 0. The molecule has 0 spiro atoms. The van der Waals surface area contributed by atoms with Crippen molar-refractivity contribution in [2.75, 3.05) is 40.3 Å². The van der Waals surface area contributed by atoms with Gasteiger partial charge in [-0.05, 0) is 37.8 Å². The third-order valence-electron chi connectivity index (χ3n) is 5.32. The number of carboxylic acids is 2. The minimum atomic E-state index is -0.594. The Morgan fingerprint density at radius 2 is 0.955 bits per heavy atom. The fraction of sp³-hybridized carbons (Fsp3) is 0.857. The van der Waals surface area contributed by atoms with E-state index in [9.17, 15) is 9.59 Å². The van der Waals surface area contributed by atoms with Gasteiger partial charge in [0.2, 0.25) is 0 Å². The van der Waals surface area contributed by atoms with Gasteiger partial charge in [-0.2, -0.15) is 0 Å². The molecule has 4 rings (SSSR count). The molecule has 0 radical (unpaired) electrons. The van der Waals surface area contributed by atoms with Crippen molar-refractivity contribution in [1.29, 1.82) is 0 Å². The van der Waals surface area contributed by atoms with Crippen LogP contribution in [-0.4, -0.2) is 72.2 Å². The van der Waals surface area contributed by atoms with Crippen molar-refractivity contribution in [3.63, 3.8) is 0 Å². The Bertz CT molecular complexity index is 387. The number of rotatable bonds is 2. The maximum Gasteiger partial charge on any atom is 0.307 e. The number of carboxylic acid groups (broad SMARTS) is 2. The molecule has 2 N–H and O–H groups in total. The number of fused-ring (bicyclic) bond motifs is 2. The first-order valence-electron chi connectivity index (χ1n) is 7.23. The Balaban J connectivity index is 0.000000202. The van der Waals surface area contributed by atoms with Crippen LogP contribution in [0, 0.1) is 35.5 Å². The minimum absolute atomic E-state index is 0. The topological polar surface area (TPSA) is 81.1 Å². The number of halogens is 2. The molecule has 2 unspecified atom stereocenters. The number of aliphatic carboxylic acids is 2. The van der Waals surface area contributed by atoms with E-state index < -0.39 is 11.9 Å². The van der Waals surface area contributed by atoms with E-state index in [1.165, 1.54) is 0 Å². The zero-order valence-corrected chi connectivity index (χ0v) is 14.3. The first-order chi connectivity index (χ1) is 9.40. The highest BCUT2D eigenvalue weighted by molar-refractivity contribution is 5.85. The molecule has 0 amide bonds. The van der Waals surface area contributed by atoms with Gasteiger partial charge in [0.15, 0.2) is 0 Å². The summed E-state index contributed by atoms with van der Waals surface area (Å²) in [7, 11) is 4.09. The molecule has 6 nitrogen and oxygen atoms in total. The van der Waals surface area contributed by atoms with E-state index in [0.717, 1.165) is 26.2 Å². The van der Waals surface area contributed by atoms with Crippen molar-refractivity contribution in [2.24, 2.45) is 35.5 Å². The van der Waals surface area contributed by atoms with Crippen LogP contribution >= 0.6 is 24.8 Å². The number of carbonyl (C=O) groups is 2. The zero-order chi connectivity index (χ0) is 14.6. The second kappa shape index (κ2) is 6.91. The Labute approximate surface area is 142 Å². The fourth-order valence-corrected chi connectivity index (χ4v) is 4.21. The first kappa shape index (κ1) is 19.5. The molecular formula is C14H24Cl2N2O4. The summed E-state index contributed by atoms with van der Waals surface area (Å²) in [4.78, 5) is 25.3. The highest BCUT2D eigenvalue weighted by atomic mass is 35.5. The normalized spacial score (nSPS) is 41.0. The van der Waals surface area contributed by atoms with Crippen molar-refractivity contribution in [1.82, 2.24) is 9.80 Å². The van der Waals surface area contributed by atoms with E-state index in [1.807, 2.05) is 14.1 Å². The van der Waals surface area contributed by atoms with Gasteiger partial charge in [-0.15, -0.1) is 24.8 Å². The summed E-state index contributed by atoms with van der Waals surface area (Å²) in [5.74, 6) is 0.702. The summed E-state index contributed by atoms with van der Waals surface area (Å²) in [6, 6.07) is 0. The maximum atomic E-state index is 10.5. The molecule has 8 heteroatoms. The van der Waals surface area contributed by atoms with Crippen LogP contribution in [0.15, 0.2) is 0 Å². The van der Waals surface area contributed by atoms with Crippen LogP contribution in [0.25, 0.3) is 0 Å². The summed E-state index contributed by atoms with van der Waals surface area (Å²) in [6.45, 7) is 3.95. The average Bonchev–Trinajstić information content (AvgIpc) is 3.08. The molecule has 2 heterocycles. The fourth-order valence-electron chi connectivity index (χ4n) is 4.21. The molecule has 2 aliphatic heterocycles. The molecular weight excluding hydrogens is 331 g/mol. The molecule has 0 aromatic rings. The van der Waals surface area contributed by atoms with Gasteiger partial charge in [0, 0.05) is 26.2 Å². The van der Waals surface area contributed by atoms with Gasteiger partial charge < -0.3 is 20.0 Å². The van der Waals surface area contributed by atoms with Crippen LogP contribution in [0.5, 0.6) is 0 Å². The van der Waals surface area contributed by atoms with Gasteiger partial charge in [0.05, 0.1) is 11.8 Å². The predicted molar refractivity (Wildman–Crippen MR) is 85.7 cm³/mol. The molecule has 128 valence electrons. The number of nitrogens with zero attached hydrogens (tertiary/aromatic N) is 2. The molecule has 0 aromatic carbocycles. The third kappa shape index (κ3) is 3.50. The Kier molecular flexibility index (Phi) is 6.12. The number of piperidine rings is 2.